The summed E-state index contributed by atoms with van der Waals surface area (Å²) in [5.41, 5.74) is 8.47. The van der Waals surface area contributed by atoms with E-state index in [-0.39, 0.29) is 54.8 Å². The summed E-state index contributed by atoms with van der Waals surface area (Å²) in [6.45, 7) is 11.4. The van der Waals surface area contributed by atoms with Crippen LogP contribution in [0.25, 0.3) is 20.7 Å². The van der Waals surface area contributed by atoms with E-state index in [1.54, 1.807) is 11.3 Å². The summed E-state index contributed by atoms with van der Waals surface area (Å²) < 4.78 is 7.07. The molecule has 3 aromatic heterocycles. The molecule has 0 bridgehead atoms. The molecule has 3 atom stereocenters. The number of likely N-dealkylation sites (tertiary alicyclic amines) is 2. The Morgan fingerprint density at radius 2 is 1.66 bits per heavy atom. The van der Waals surface area contributed by atoms with E-state index in [2.05, 4.69) is 52.5 Å². The number of amides is 4. The van der Waals surface area contributed by atoms with Gasteiger partial charge < -0.3 is 40.3 Å². The molecule has 1 aliphatic carbocycles. The van der Waals surface area contributed by atoms with Crippen LogP contribution in [0.2, 0.25) is 0 Å². The quantitative estimate of drug-likeness (QED) is 0.0400. The number of β-amino-alcohol motifs (C(OH)–C–C–N with tert-alkyl or cyclic N) is 1. The summed E-state index contributed by atoms with van der Waals surface area (Å²) >= 11 is 4.39. The van der Waals surface area contributed by atoms with Crippen LogP contribution in [0.1, 0.15) is 119 Å². The highest BCUT2D eigenvalue weighted by molar-refractivity contribution is 7.22. The number of nitrogens with zero attached hydrogens (tertiary/aromatic N) is 6. The summed E-state index contributed by atoms with van der Waals surface area (Å²) in [5.74, 6) is 5.59. The molecule has 0 spiro atoms. The smallest absolute Gasteiger partial charge is 0.355 e. The van der Waals surface area contributed by atoms with Gasteiger partial charge in [-0.15, -0.1) is 22.7 Å². The Morgan fingerprint density at radius 1 is 0.882 bits per heavy atom. The number of carboxylic acids is 1. The fourth-order valence-electron chi connectivity index (χ4n) is 11.9. The minimum atomic E-state index is -1.07. The van der Waals surface area contributed by atoms with Gasteiger partial charge in [-0.1, -0.05) is 92.5 Å². The van der Waals surface area contributed by atoms with Gasteiger partial charge in [-0.2, -0.15) is 0 Å². The maximum atomic E-state index is 14.3. The SMILES string of the molecule is Cc1ncsc1-c1ccc(CNC(=O)[C@@H]2C[C@@H](O)CN2C(=O)[C@@H](NC(=O)C2CC(N3CCC(CC#Cc4ccc(OCCCc5sc(N6CCc7cccc(C(=O)Nc8nc9ccccc9s8)c7C6)nc5C(=O)O)cc4)CC3)C2)C(C)(C)C)cc1. The number of hydrogen-bond donors (Lipinski definition) is 5. The Morgan fingerprint density at radius 3 is 2.39 bits per heavy atom. The standard InChI is InChI=1S/C65H71N9O8S3/c1-39-56(83-38-67-39)44-21-17-42(18-22-44)35-66-60(78)52-34-47(75)36-74(52)61(79)57(65(2,3)4)70-58(76)45-32-46(33-45)72-28-25-41(26-29-72)11-7-10-40-19-23-48(24-20-40)82-31-9-16-54-55(62(80)81)69-64(85-54)73-30-27-43-12-8-13-49(50(43)37-73)59(77)71-63-68-51-14-5-6-15-53(51)84-63/h5-6,8,12-15,17-24,38,41,45-47,52,57,75H,9,11,16,25-37H2,1-4H3,(H,66,78)(H,70,76)(H,80,81)(H,68,71,77)/t45?,46?,47-,52+,57-/m1/s1. The van der Waals surface area contributed by atoms with Crippen molar-refractivity contribution in [2.45, 2.75) is 123 Å². The van der Waals surface area contributed by atoms with Gasteiger partial charge in [0, 0.05) is 67.0 Å². The highest BCUT2D eigenvalue weighted by atomic mass is 32.1. The fraction of sp³-hybridized carbons (Fsp3) is 0.415. The number of aromatic carboxylic acids is 1. The van der Waals surface area contributed by atoms with Crippen LogP contribution in [0.3, 0.4) is 0 Å². The van der Waals surface area contributed by atoms with Gasteiger partial charge in [0.25, 0.3) is 5.91 Å². The Hall–Kier alpha value is -7.54. The third-order valence-electron chi connectivity index (χ3n) is 16.8. The number of carbonyl (C=O) groups excluding carboxylic acids is 4. The summed E-state index contributed by atoms with van der Waals surface area (Å²) in [5, 5.41) is 31.1. The van der Waals surface area contributed by atoms with Gasteiger partial charge >= 0.3 is 5.97 Å². The number of aliphatic hydroxyl groups is 1. The number of fused-ring (bicyclic) bond motifs is 2. The average Bonchev–Trinajstić information content (AvgIpc) is 4.43. The number of carbonyl (C=O) groups is 5. The van der Waals surface area contributed by atoms with Gasteiger partial charge in [0.2, 0.25) is 17.7 Å². The molecular weight excluding hydrogens is 1130 g/mol. The van der Waals surface area contributed by atoms with Gasteiger partial charge in [0.1, 0.15) is 17.8 Å². The first-order valence-corrected chi connectivity index (χ1v) is 31.8. The van der Waals surface area contributed by atoms with Crippen LogP contribution < -0.4 is 25.6 Å². The van der Waals surface area contributed by atoms with Crippen LogP contribution in [0, 0.1) is 36.0 Å². The number of nitrogens with one attached hydrogen (secondary N) is 3. The maximum Gasteiger partial charge on any atom is 0.355 e. The number of aliphatic hydroxyl groups excluding tert-OH is 1. The lowest BCUT2D eigenvalue weighted by Gasteiger charge is -2.45. The van der Waals surface area contributed by atoms with Crippen molar-refractivity contribution >= 4 is 84.1 Å². The number of thiazole rings is 3. The molecule has 11 rings (SSSR count). The van der Waals surface area contributed by atoms with Crippen molar-refractivity contribution in [3.63, 3.8) is 0 Å². The van der Waals surface area contributed by atoms with Gasteiger partial charge in [0.15, 0.2) is 16.0 Å². The molecule has 17 nitrogen and oxygen atoms in total. The first-order chi connectivity index (χ1) is 41.0. The average molecular weight is 1200 g/mol. The number of hydrogen-bond acceptors (Lipinski definition) is 15. The second kappa shape index (κ2) is 26.0. The van der Waals surface area contributed by atoms with Crippen molar-refractivity contribution < 1.29 is 38.9 Å². The van der Waals surface area contributed by atoms with E-state index in [0.717, 1.165) is 93.8 Å². The highest BCUT2D eigenvalue weighted by Gasteiger charge is 2.46. The highest BCUT2D eigenvalue weighted by Crippen LogP contribution is 2.38. The molecule has 4 amide bonds. The van der Waals surface area contributed by atoms with Crippen molar-refractivity contribution in [3.05, 3.63) is 141 Å². The first kappa shape index (κ1) is 59.2. The maximum absolute atomic E-state index is 14.3. The molecule has 6 heterocycles. The number of aryl methyl sites for hydroxylation is 2. The number of benzene rings is 4. The largest absolute Gasteiger partial charge is 0.494 e. The number of aromatic nitrogens is 3. The molecule has 0 unspecified atom stereocenters. The summed E-state index contributed by atoms with van der Waals surface area (Å²) in [4.78, 5) is 88.9. The predicted molar refractivity (Wildman–Crippen MR) is 332 cm³/mol. The lowest BCUT2D eigenvalue weighted by molar-refractivity contribution is -0.145. The van der Waals surface area contributed by atoms with Crippen molar-refractivity contribution in [2.24, 2.45) is 17.3 Å². The summed E-state index contributed by atoms with van der Waals surface area (Å²) in [6.07, 6.45) is 5.39. The third kappa shape index (κ3) is 13.9. The van der Waals surface area contributed by atoms with Gasteiger partial charge in [-0.25, -0.2) is 19.7 Å². The topological polar surface area (TPSA) is 220 Å². The van der Waals surface area contributed by atoms with Gasteiger partial charge in [-0.3, -0.25) is 24.5 Å². The number of carboxylic acid groups (broad SMARTS) is 1. The zero-order valence-corrected chi connectivity index (χ0v) is 50.7. The molecule has 4 aromatic carbocycles. The molecule has 3 aliphatic heterocycles. The minimum absolute atomic E-state index is 0.0251. The van der Waals surface area contributed by atoms with Crippen LogP contribution in [-0.4, -0.2) is 122 Å². The van der Waals surface area contributed by atoms with Crippen LogP contribution >= 0.6 is 34.0 Å². The number of para-hydroxylation sites is 1. The predicted octanol–water partition coefficient (Wildman–Crippen LogP) is 9.75. The van der Waals surface area contributed by atoms with E-state index in [9.17, 15) is 34.2 Å². The van der Waals surface area contributed by atoms with E-state index in [1.165, 1.54) is 27.6 Å². The molecule has 1 saturated carbocycles. The Labute approximate surface area is 507 Å². The van der Waals surface area contributed by atoms with Gasteiger partial charge in [0.05, 0.1) is 39.0 Å². The van der Waals surface area contributed by atoms with E-state index < -0.39 is 29.6 Å². The molecule has 5 N–H and O–H groups in total. The lowest BCUT2D eigenvalue weighted by atomic mass is 9.76. The van der Waals surface area contributed by atoms with Crippen molar-refractivity contribution in [2.75, 3.05) is 43.0 Å². The lowest BCUT2D eigenvalue weighted by Crippen LogP contribution is -2.60. The first-order valence-electron chi connectivity index (χ1n) is 29.3. The molecule has 85 heavy (non-hydrogen) atoms. The normalized spacial score (nSPS) is 19.3. The number of ether oxygens (including phenoxy) is 1. The molecule has 7 aromatic rings. The molecule has 442 valence electrons. The molecule has 2 saturated heterocycles. The fourth-order valence-corrected chi connectivity index (χ4v) is 14.7. The second-order valence-electron chi connectivity index (χ2n) is 23.8. The van der Waals surface area contributed by atoms with E-state index in [4.69, 9.17) is 4.74 Å². The Bertz CT molecular complexity index is 3610. The molecule has 20 heteroatoms. The van der Waals surface area contributed by atoms with Crippen molar-refractivity contribution in [1.82, 2.24) is 35.4 Å². The molecule has 4 aliphatic rings. The Balaban J connectivity index is 0.591. The summed E-state index contributed by atoms with van der Waals surface area (Å²) in [6, 6.07) is 27.8. The van der Waals surface area contributed by atoms with E-state index >= 15 is 0 Å². The molecule has 3 fully saturated rings. The van der Waals surface area contributed by atoms with Crippen LogP contribution in [0.5, 0.6) is 5.75 Å². The number of anilines is 2. The zero-order chi connectivity index (χ0) is 59.4. The van der Waals surface area contributed by atoms with Crippen molar-refractivity contribution in [1.29, 1.82) is 0 Å². The van der Waals surface area contributed by atoms with Crippen LogP contribution in [-0.2, 0) is 40.3 Å². The van der Waals surface area contributed by atoms with Crippen LogP contribution in [0.15, 0.2) is 96.5 Å². The van der Waals surface area contributed by atoms with Crippen LogP contribution in [0.4, 0.5) is 10.3 Å². The summed E-state index contributed by atoms with van der Waals surface area (Å²) in [7, 11) is 0. The minimum Gasteiger partial charge on any atom is -0.494 e. The Kier molecular flexibility index (Phi) is 18.1. The second-order valence-corrected chi connectivity index (χ2v) is 26.7. The van der Waals surface area contributed by atoms with Gasteiger partial charge in [-0.05, 0) is 141 Å². The molecular formula is C65H71N9O8S3. The monoisotopic (exact) mass is 1200 g/mol. The number of piperidine rings is 1. The zero-order valence-electron chi connectivity index (χ0n) is 48.3. The van der Waals surface area contributed by atoms with Crippen molar-refractivity contribution in [3.8, 4) is 28.0 Å². The third-order valence-corrected chi connectivity index (χ3v) is 19.9. The molecule has 0 radical (unpaired) electrons. The van der Waals surface area contributed by atoms with E-state index in [0.29, 0.717) is 77.4 Å². The van der Waals surface area contributed by atoms with E-state index in [1.807, 2.05) is 124 Å². The number of rotatable bonds is 18.